The first-order chi connectivity index (χ1) is 7.24. The van der Waals surface area contributed by atoms with Crippen LogP contribution in [0.25, 0.3) is 0 Å². The van der Waals surface area contributed by atoms with Gasteiger partial charge in [0.15, 0.2) is 0 Å². The first kappa shape index (κ1) is 10.3. The molecule has 0 saturated heterocycles. The van der Waals surface area contributed by atoms with E-state index in [1.807, 2.05) is 12.1 Å². The molecule has 15 heavy (non-hydrogen) atoms. The van der Waals surface area contributed by atoms with Crippen LogP contribution in [0.2, 0.25) is 0 Å². The maximum absolute atomic E-state index is 11.3. The van der Waals surface area contributed by atoms with Gasteiger partial charge >= 0.3 is 0 Å². The van der Waals surface area contributed by atoms with Crippen molar-refractivity contribution in [2.24, 2.45) is 11.3 Å². The van der Waals surface area contributed by atoms with Gasteiger partial charge in [-0.05, 0) is 49.3 Å². The number of pyridine rings is 1. The van der Waals surface area contributed by atoms with E-state index >= 15 is 0 Å². The molecule has 1 fully saturated rings. The second-order valence-corrected chi connectivity index (χ2v) is 4.86. The third-order valence-electron chi connectivity index (χ3n) is 3.45. The number of aldehydes is 1. The van der Waals surface area contributed by atoms with Crippen LogP contribution in [0.15, 0.2) is 24.5 Å². The number of carbonyl (C=O) groups is 1. The Balaban J connectivity index is 2.12. The molecule has 1 aliphatic rings. The lowest BCUT2D eigenvalue weighted by Crippen LogP contribution is -2.21. The molecule has 1 saturated carbocycles. The van der Waals surface area contributed by atoms with Crippen molar-refractivity contribution in [2.75, 3.05) is 0 Å². The minimum absolute atomic E-state index is 0.0965. The number of hydrogen-bond acceptors (Lipinski definition) is 2. The Kier molecular flexibility index (Phi) is 2.85. The molecule has 2 atom stereocenters. The zero-order chi connectivity index (χ0) is 10.7. The van der Waals surface area contributed by atoms with Crippen LogP contribution in [0.1, 0.15) is 31.7 Å². The minimum Gasteiger partial charge on any atom is -0.303 e. The largest absolute Gasteiger partial charge is 0.303 e. The molecule has 2 heteroatoms. The summed E-state index contributed by atoms with van der Waals surface area (Å²) >= 11 is 0. The van der Waals surface area contributed by atoms with Crippen LogP contribution in [0, 0.1) is 11.3 Å². The van der Waals surface area contributed by atoms with Gasteiger partial charge in [0.2, 0.25) is 0 Å². The fraction of sp³-hybridized carbons (Fsp3) is 0.538. The van der Waals surface area contributed by atoms with Gasteiger partial charge in [0.25, 0.3) is 0 Å². The summed E-state index contributed by atoms with van der Waals surface area (Å²) in [6.07, 6.45) is 8.92. The van der Waals surface area contributed by atoms with Crippen LogP contribution >= 0.6 is 0 Å². The molecule has 0 aromatic carbocycles. The minimum atomic E-state index is -0.0965. The third-order valence-corrected chi connectivity index (χ3v) is 3.45. The van der Waals surface area contributed by atoms with Crippen LogP contribution in [0.3, 0.4) is 0 Å². The van der Waals surface area contributed by atoms with Crippen LogP contribution in [0.4, 0.5) is 0 Å². The smallest absolute Gasteiger partial charge is 0.126 e. The summed E-state index contributed by atoms with van der Waals surface area (Å²) in [6.45, 7) is 2.23. The summed E-state index contributed by atoms with van der Waals surface area (Å²) in [7, 11) is 0. The van der Waals surface area contributed by atoms with Gasteiger partial charge in [-0.15, -0.1) is 0 Å². The SMILES string of the molecule is CC1CCC(C=O)(Cc2ccncc2)C1. The van der Waals surface area contributed by atoms with Gasteiger partial charge in [-0.25, -0.2) is 0 Å². The van der Waals surface area contributed by atoms with Gasteiger partial charge in [-0.1, -0.05) is 6.92 Å². The first-order valence-electron chi connectivity index (χ1n) is 5.59. The lowest BCUT2D eigenvalue weighted by Gasteiger charge is -2.22. The van der Waals surface area contributed by atoms with E-state index in [0.29, 0.717) is 5.92 Å². The van der Waals surface area contributed by atoms with E-state index in [4.69, 9.17) is 0 Å². The topological polar surface area (TPSA) is 30.0 Å². The van der Waals surface area contributed by atoms with Gasteiger partial charge in [0.1, 0.15) is 6.29 Å². The van der Waals surface area contributed by atoms with Crippen molar-refractivity contribution < 1.29 is 4.79 Å². The molecule has 0 amide bonds. The second-order valence-electron chi connectivity index (χ2n) is 4.86. The molecule has 0 N–H and O–H groups in total. The van der Waals surface area contributed by atoms with Gasteiger partial charge in [-0.3, -0.25) is 4.98 Å². The zero-order valence-electron chi connectivity index (χ0n) is 9.15. The molecule has 1 aromatic rings. The number of nitrogens with zero attached hydrogens (tertiary/aromatic N) is 1. The second kappa shape index (κ2) is 4.13. The predicted octanol–water partition coefficient (Wildman–Crippen LogP) is 2.63. The number of hydrogen-bond donors (Lipinski definition) is 0. The fourth-order valence-electron chi connectivity index (χ4n) is 2.65. The Bertz CT molecular complexity index is 336. The molecule has 1 aliphatic carbocycles. The Morgan fingerprint density at radius 3 is 2.80 bits per heavy atom. The van der Waals surface area contributed by atoms with E-state index in [0.717, 1.165) is 19.3 Å². The molecular formula is C13H17NO. The average molecular weight is 203 g/mol. The van der Waals surface area contributed by atoms with Gasteiger partial charge < -0.3 is 4.79 Å². The Labute approximate surface area is 90.7 Å². The zero-order valence-corrected chi connectivity index (χ0v) is 9.15. The maximum atomic E-state index is 11.3. The number of aromatic nitrogens is 1. The Morgan fingerprint density at radius 2 is 2.27 bits per heavy atom. The van der Waals surface area contributed by atoms with Crippen LogP contribution in [-0.2, 0) is 11.2 Å². The van der Waals surface area contributed by atoms with E-state index in [-0.39, 0.29) is 5.41 Å². The quantitative estimate of drug-likeness (QED) is 0.707. The van der Waals surface area contributed by atoms with Crippen LogP contribution in [-0.4, -0.2) is 11.3 Å². The highest BCUT2D eigenvalue weighted by molar-refractivity contribution is 5.60. The highest BCUT2D eigenvalue weighted by Crippen LogP contribution is 2.42. The van der Waals surface area contributed by atoms with Crippen molar-refractivity contribution in [1.82, 2.24) is 4.98 Å². The molecule has 2 rings (SSSR count). The average Bonchev–Trinajstić information content (AvgIpc) is 2.62. The summed E-state index contributed by atoms with van der Waals surface area (Å²) in [5, 5.41) is 0. The molecule has 0 aliphatic heterocycles. The molecule has 1 heterocycles. The first-order valence-corrected chi connectivity index (χ1v) is 5.59. The van der Waals surface area contributed by atoms with E-state index in [9.17, 15) is 4.79 Å². The van der Waals surface area contributed by atoms with Gasteiger partial charge in [0, 0.05) is 17.8 Å². The van der Waals surface area contributed by atoms with E-state index in [1.54, 1.807) is 12.4 Å². The van der Waals surface area contributed by atoms with Crippen molar-refractivity contribution in [2.45, 2.75) is 32.6 Å². The Hall–Kier alpha value is -1.18. The standard InChI is InChI=1S/C13H17NO/c1-11-2-5-13(8-11,10-15)9-12-3-6-14-7-4-12/h3-4,6-7,10-11H,2,5,8-9H2,1H3. The maximum Gasteiger partial charge on any atom is 0.126 e. The molecular weight excluding hydrogens is 186 g/mol. The summed E-state index contributed by atoms with van der Waals surface area (Å²) in [6, 6.07) is 4.02. The summed E-state index contributed by atoms with van der Waals surface area (Å²) < 4.78 is 0. The van der Waals surface area contributed by atoms with E-state index in [1.165, 1.54) is 18.3 Å². The summed E-state index contributed by atoms with van der Waals surface area (Å²) in [5.74, 6) is 0.692. The lowest BCUT2D eigenvalue weighted by molar-refractivity contribution is -0.116. The predicted molar refractivity (Wildman–Crippen MR) is 59.5 cm³/mol. The Morgan fingerprint density at radius 1 is 1.53 bits per heavy atom. The van der Waals surface area contributed by atoms with Crippen molar-refractivity contribution in [3.63, 3.8) is 0 Å². The normalized spacial score (nSPS) is 30.3. The molecule has 80 valence electrons. The summed E-state index contributed by atoms with van der Waals surface area (Å²) in [4.78, 5) is 15.3. The molecule has 0 radical (unpaired) electrons. The monoisotopic (exact) mass is 203 g/mol. The van der Waals surface area contributed by atoms with Crippen LogP contribution in [0.5, 0.6) is 0 Å². The highest BCUT2D eigenvalue weighted by atomic mass is 16.1. The molecule has 0 spiro atoms. The highest BCUT2D eigenvalue weighted by Gasteiger charge is 2.37. The third kappa shape index (κ3) is 2.25. The lowest BCUT2D eigenvalue weighted by atomic mass is 9.81. The summed E-state index contributed by atoms with van der Waals surface area (Å²) in [5.41, 5.74) is 1.13. The molecule has 2 unspecified atom stereocenters. The van der Waals surface area contributed by atoms with Crippen molar-refractivity contribution in [3.05, 3.63) is 30.1 Å². The van der Waals surface area contributed by atoms with Crippen LogP contribution < -0.4 is 0 Å². The fourth-order valence-corrected chi connectivity index (χ4v) is 2.65. The molecule has 2 nitrogen and oxygen atoms in total. The number of rotatable bonds is 3. The van der Waals surface area contributed by atoms with Crippen molar-refractivity contribution in [3.8, 4) is 0 Å². The van der Waals surface area contributed by atoms with Gasteiger partial charge in [-0.2, -0.15) is 0 Å². The van der Waals surface area contributed by atoms with Crippen molar-refractivity contribution >= 4 is 6.29 Å². The van der Waals surface area contributed by atoms with Crippen molar-refractivity contribution in [1.29, 1.82) is 0 Å². The van der Waals surface area contributed by atoms with E-state index < -0.39 is 0 Å². The van der Waals surface area contributed by atoms with Gasteiger partial charge in [0.05, 0.1) is 0 Å². The number of carbonyl (C=O) groups excluding carboxylic acids is 1. The molecule has 1 aromatic heterocycles. The van der Waals surface area contributed by atoms with E-state index in [2.05, 4.69) is 11.9 Å². The molecule has 0 bridgehead atoms.